The maximum absolute atomic E-state index is 4.36. The fourth-order valence-electron chi connectivity index (χ4n) is 1.75. The predicted molar refractivity (Wildman–Crippen MR) is 75.0 cm³/mol. The van der Waals surface area contributed by atoms with E-state index in [9.17, 15) is 0 Å². The quantitative estimate of drug-likeness (QED) is 0.907. The molecule has 0 aliphatic carbocycles. The average molecular weight is 270 g/mol. The van der Waals surface area contributed by atoms with Gasteiger partial charge in [-0.05, 0) is 19.4 Å². The Morgan fingerprint density at radius 1 is 1.39 bits per heavy atom. The first-order chi connectivity index (χ1) is 8.20. The number of rotatable bonds is 5. The van der Waals surface area contributed by atoms with Gasteiger partial charge in [0, 0.05) is 31.5 Å². The zero-order chi connectivity index (χ0) is 12.3. The number of nitrogens with zero attached hydrogens (tertiary/aromatic N) is 4. The summed E-state index contributed by atoms with van der Waals surface area (Å²) >= 11 is 0. The molecule has 0 atom stereocenters. The Balaban J connectivity index is 0.00000162. The van der Waals surface area contributed by atoms with Gasteiger partial charge in [0.25, 0.3) is 0 Å². The van der Waals surface area contributed by atoms with Crippen LogP contribution >= 0.6 is 12.4 Å². The summed E-state index contributed by atoms with van der Waals surface area (Å²) in [5.74, 6) is 0.911. The van der Waals surface area contributed by atoms with E-state index in [1.165, 1.54) is 5.69 Å². The van der Waals surface area contributed by atoms with E-state index in [1.807, 2.05) is 41.7 Å². The van der Waals surface area contributed by atoms with E-state index in [4.69, 9.17) is 0 Å². The summed E-state index contributed by atoms with van der Waals surface area (Å²) in [6, 6.07) is 4.08. The highest BCUT2D eigenvalue weighted by atomic mass is 35.5. The van der Waals surface area contributed by atoms with Crippen molar-refractivity contribution in [3.63, 3.8) is 0 Å². The SMILES string of the molecule is CCCn1nccc1CNc1cc(C)n(C)n1.Cl. The Morgan fingerprint density at radius 2 is 2.17 bits per heavy atom. The van der Waals surface area contributed by atoms with Crippen molar-refractivity contribution in [1.82, 2.24) is 19.6 Å². The van der Waals surface area contributed by atoms with Crippen LogP contribution in [0.2, 0.25) is 0 Å². The number of hydrogen-bond acceptors (Lipinski definition) is 3. The van der Waals surface area contributed by atoms with E-state index in [-0.39, 0.29) is 12.4 Å². The van der Waals surface area contributed by atoms with E-state index in [0.717, 1.165) is 31.0 Å². The lowest BCUT2D eigenvalue weighted by Crippen LogP contribution is -2.09. The van der Waals surface area contributed by atoms with Crippen LogP contribution in [0.1, 0.15) is 24.7 Å². The molecule has 0 spiro atoms. The summed E-state index contributed by atoms with van der Waals surface area (Å²) < 4.78 is 3.90. The van der Waals surface area contributed by atoms with E-state index < -0.39 is 0 Å². The smallest absolute Gasteiger partial charge is 0.148 e. The molecule has 0 fully saturated rings. The zero-order valence-electron chi connectivity index (χ0n) is 11.1. The van der Waals surface area contributed by atoms with Gasteiger partial charge in [-0.25, -0.2) is 0 Å². The summed E-state index contributed by atoms with van der Waals surface area (Å²) in [5, 5.41) is 12.0. The normalized spacial score (nSPS) is 10.2. The minimum atomic E-state index is 0. The van der Waals surface area contributed by atoms with Crippen molar-refractivity contribution in [2.75, 3.05) is 5.32 Å². The van der Waals surface area contributed by atoms with Crippen LogP contribution < -0.4 is 5.32 Å². The van der Waals surface area contributed by atoms with Crippen LogP contribution in [0.4, 0.5) is 5.82 Å². The molecule has 2 rings (SSSR count). The van der Waals surface area contributed by atoms with Crippen LogP contribution in [0.15, 0.2) is 18.3 Å². The van der Waals surface area contributed by atoms with Crippen LogP contribution in [0.5, 0.6) is 0 Å². The average Bonchev–Trinajstić information content (AvgIpc) is 2.85. The summed E-state index contributed by atoms with van der Waals surface area (Å²) in [5.41, 5.74) is 2.34. The molecule has 0 saturated carbocycles. The predicted octanol–water partition coefficient (Wildman–Crippen LogP) is 2.37. The summed E-state index contributed by atoms with van der Waals surface area (Å²) in [6.07, 6.45) is 2.94. The van der Waals surface area contributed by atoms with Gasteiger partial charge >= 0.3 is 0 Å². The molecule has 2 aromatic heterocycles. The number of hydrogen-bond donors (Lipinski definition) is 1. The second-order valence-corrected chi connectivity index (χ2v) is 4.19. The molecule has 0 aliphatic rings. The van der Waals surface area contributed by atoms with Crippen LogP contribution in [0.25, 0.3) is 0 Å². The molecule has 0 radical (unpaired) electrons. The summed E-state index contributed by atoms with van der Waals surface area (Å²) in [4.78, 5) is 0. The molecule has 2 heterocycles. The molecule has 0 unspecified atom stereocenters. The standard InChI is InChI=1S/C12H19N5.ClH/c1-4-7-17-11(5-6-14-17)9-13-12-8-10(2)16(3)15-12;/h5-6,8H,4,7,9H2,1-3H3,(H,13,15);1H. The summed E-state index contributed by atoms with van der Waals surface area (Å²) in [6.45, 7) is 5.92. The van der Waals surface area contributed by atoms with Crippen LogP contribution in [-0.4, -0.2) is 19.6 Å². The van der Waals surface area contributed by atoms with E-state index in [1.54, 1.807) is 0 Å². The van der Waals surface area contributed by atoms with Crippen molar-refractivity contribution in [3.05, 3.63) is 29.7 Å². The molecular weight excluding hydrogens is 250 g/mol. The van der Waals surface area contributed by atoms with Crippen molar-refractivity contribution in [2.24, 2.45) is 7.05 Å². The Labute approximate surface area is 114 Å². The van der Waals surface area contributed by atoms with Crippen molar-refractivity contribution in [1.29, 1.82) is 0 Å². The van der Waals surface area contributed by atoms with Crippen molar-refractivity contribution in [2.45, 2.75) is 33.4 Å². The van der Waals surface area contributed by atoms with Gasteiger partial charge in [0.15, 0.2) is 0 Å². The lowest BCUT2D eigenvalue weighted by atomic mass is 10.4. The molecule has 6 heteroatoms. The van der Waals surface area contributed by atoms with Crippen LogP contribution in [0, 0.1) is 6.92 Å². The number of anilines is 1. The fraction of sp³-hybridized carbons (Fsp3) is 0.500. The van der Waals surface area contributed by atoms with E-state index in [0.29, 0.717) is 0 Å². The van der Waals surface area contributed by atoms with Gasteiger partial charge in [-0.2, -0.15) is 10.2 Å². The van der Waals surface area contributed by atoms with E-state index >= 15 is 0 Å². The number of nitrogens with one attached hydrogen (secondary N) is 1. The van der Waals surface area contributed by atoms with E-state index in [2.05, 4.69) is 22.4 Å². The fourth-order valence-corrected chi connectivity index (χ4v) is 1.75. The molecular formula is C12H20ClN5. The lowest BCUT2D eigenvalue weighted by Gasteiger charge is -2.06. The second kappa shape index (κ2) is 6.44. The molecule has 100 valence electrons. The Hall–Kier alpha value is -1.49. The molecule has 2 aromatic rings. The highest BCUT2D eigenvalue weighted by Crippen LogP contribution is 2.09. The number of aryl methyl sites for hydroxylation is 3. The minimum Gasteiger partial charge on any atom is -0.363 e. The van der Waals surface area contributed by atoms with Gasteiger partial charge in [0.2, 0.25) is 0 Å². The molecule has 1 N–H and O–H groups in total. The second-order valence-electron chi connectivity index (χ2n) is 4.19. The Morgan fingerprint density at radius 3 is 2.78 bits per heavy atom. The van der Waals surface area contributed by atoms with Crippen molar-refractivity contribution >= 4 is 18.2 Å². The third-order valence-corrected chi connectivity index (χ3v) is 2.80. The molecule has 0 aromatic carbocycles. The Bertz CT molecular complexity index is 469. The molecule has 5 nitrogen and oxygen atoms in total. The minimum absolute atomic E-state index is 0. The first-order valence-corrected chi connectivity index (χ1v) is 5.96. The molecule has 0 aliphatic heterocycles. The van der Waals surface area contributed by atoms with Gasteiger partial charge in [-0.1, -0.05) is 6.92 Å². The number of halogens is 1. The molecule has 0 amide bonds. The highest BCUT2D eigenvalue weighted by molar-refractivity contribution is 5.85. The van der Waals surface area contributed by atoms with Gasteiger partial charge < -0.3 is 5.32 Å². The number of aromatic nitrogens is 4. The first kappa shape index (κ1) is 14.6. The largest absolute Gasteiger partial charge is 0.363 e. The van der Waals surface area contributed by atoms with Gasteiger partial charge in [-0.15, -0.1) is 12.4 Å². The van der Waals surface area contributed by atoms with Crippen molar-refractivity contribution < 1.29 is 0 Å². The topological polar surface area (TPSA) is 47.7 Å². The van der Waals surface area contributed by atoms with Gasteiger partial charge in [-0.3, -0.25) is 9.36 Å². The highest BCUT2D eigenvalue weighted by Gasteiger charge is 2.04. The molecule has 18 heavy (non-hydrogen) atoms. The van der Waals surface area contributed by atoms with Crippen molar-refractivity contribution in [3.8, 4) is 0 Å². The molecule has 0 saturated heterocycles. The first-order valence-electron chi connectivity index (χ1n) is 5.96. The monoisotopic (exact) mass is 269 g/mol. The molecule has 0 bridgehead atoms. The Kier molecular flexibility index (Phi) is 5.22. The van der Waals surface area contributed by atoms with Crippen LogP contribution in [-0.2, 0) is 20.1 Å². The lowest BCUT2D eigenvalue weighted by molar-refractivity contribution is 0.578. The summed E-state index contributed by atoms with van der Waals surface area (Å²) in [7, 11) is 1.95. The maximum Gasteiger partial charge on any atom is 0.148 e. The van der Waals surface area contributed by atoms with Gasteiger partial charge in [0.05, 0.1) is 12.2 Å². The maximum atomic E-state index is 4.36. The third-order valence-electron chi connectivity index (χ3n) is 2.80. The third kappa shape index (κ3) is 3.26. The van der Waals surface area contributed by atoms with Gasteiger partial charge in [0.1, 0.15) is 5.82 Å². The van der Waals surface area contributed by atoms with Crippen LogP contribution in [0.3, 0.4) is 0 Å². The zero-order valence-corrected chi connectivity index (χ0v) is 11.9.